The first-order chi connectivity index (χ1) is 7.31. The molecule has 0 saturated carbocycles. The topological polar surface area (TPSA) is 94.5 Å². The fraction of sp³-hybridized carbons (Fsp3) is 0.250. The maximum absolute atomic E-state index is 5.69. The molecule has 0 aliphatic rings. The second-order valence-corrected chi connectivity index (χ2v) is 2.80. The summed E-state index contributed by atoms with van der Waals surface area (Å²) in [7, 11) is 0. The molecule has 2 aromatic heterocycles. The average molecular weight is 205 g/mol. The lowest BCUT2D eigenvalue weighted by Gasteiger charge is -1.98. The lowest BCUT2D eigenvalue weighted by atomic mass is 10.6. The number of aromatic nitrogens is 5. The molecule has 2 heterocycles. The molecule has 15 heavy (non-hydrogen) atoms. The summed E-state index contributed by atoms with van der Waals surface area (Å²) in [5.41, 5.74) is 5.69. The molecule has 0 radical (unpaired) electrons. The Hall–Kier alpha value is -2.18. The van der Waals surface area contributed by atoms with Gasteiger partial charge in [0.15, 0.2) is 5.82 Å². The Balaban J connectivity index is 2.36. The van der Waals surface area contributed by atoms with Gasteiger partial charge in [0.25, 0.3) is 0 Å². The normalized spacial score (nSPS) is 10.2. The molecule has 7 nitrogen and oxygen atoms in total. The molecule has 0 aliphatic carbocycles. The molecular formula is C8H11N7. The second kappa shape index (κ2) is 3.91. The van der Waals surface area contributed by atoms with Crippen LogP contribution in [-0.2, 0) is 0 Å². The van der Waals surface area contributed by atoms with Crippen LogP contribution in [0.15, 0.2) is 18.6 Å². The van der Waals surface area contributed by atoms with Crippen molar-refractivity contribution in [3.63, 3.8) is 0 Å². The summed E-state index contributed by atoms with van der Waals surface area (Å²) in [6.45, 7) is 2.70. The van der Waals surface area contributed by atoms with E-state index < -0.39 is 0 Å². The van der Waals surface area contributed by atoms with Crippen LogP contribution < -0.4 is 11.1 Å². The quantitative estimate of drug-likeness (QED) is 0.736. The first kappa shape index (κ1) is 9.38. The van der Waals surface area contributed by atoms with Gasteiger partial charge in [-0.15, -0.1) is 5.10 Å². The van der Waals surface area contributed by atoms with Gasteiger partial charge in [0.05, 0.1) is 6.20 Å². The minimum absolute atomic E-state index is 0.284. The highest BCUT2D eigenvalue weighted by Gasteiger charge is 2.08. The van der Waals surface area contributed by atoms with Gasteiger partial charge < -0.3 is 11.1 Å². The molecule has 0 aliphatic heterocycles. The minimum Gasteiger partial charge on any atom is -0.368 e. The molecule has 0 bridgehead atoms. The largest absolute Gasteiger partial charge is 0.368 e. The Morgan fingerprint density at radius 3 is 3.00 bits per heavy atom. The Morgan fingerprint density at radius 1 is 1.47 bits per heavy atom. The van der Waals surface area contributed by atoms with Gasteiger partial charge in [0.2, 0.25) is 11.9 Å². The zero-order valence-corrected chi connectivity index (χ0v) is 8.25. The van der Waals surface area contributed by atoms with Crippen molar-refractivity contribution in [2.24, 2.45) is 0 Å². The van der Waals surface area contributed by atoms with Crippen LogP contribution in [0.25, 0.3) is 5.82 Å². The molecule has 0 atom stereocenters. The summed E-state index contributed by atoms with van der Waals surface area (Å²) in [6, 6.07) is 0. The highest BCUT2D eigenvalue weighted by atomic mass is 15.4. The van der Waals surface area contributed by atoms with Gasteiger partial charge >= 0.3 is 0 Å². The van der Waals surface area contributed by atoms with Crippen LogP contribution in [0.2, 0.25) is 0 Å². The van der Waals surface area contributed by atoms with Crippen LogP contribution in [0.1, 0.15) is 6.92 Å². The number of hydrogen-bond acceptors (Lipinski definition) is 6. The third-order valence-electron chi connectivity index (χ3n) is 1.73. The standard InChI is InChI=1S/C8H11N7/c1-2-11-8-13-7(9)15(14-8)6-5-10-3-4-12-6/h3-5H,2H2,1H3,(H3,9,11,13,14). The Morgan fingerprint density at radius 2 is 2.33 bits per heavy atom. The van der Waals surface area contributed by atoms with E-state index in [0.717, 1.165) is 6.54 Å². The SMILES string of the molecule is CCNc1nc(N)n(-c2cnccn2)n1. The molecule has 0 fully saturated rings. The highest BCUT2D eigenvalue weighted by Crippen LogP contribution is 2.09. The Kier molecular flexibility index (Phi) is 2.44. The lowest BCUT2D eigenvalue weighted by Crippen LogP contribution is -2.05. The van der Waals surface area contributed by atoms with Crippen LogP contribution in [0.3, 0.4) is 0 Å². The van der Waals surface area contributed by atoms with Crippen molar-refractivity contribution in [2.75, 3.05) is 17.6 Å². The average Bonchev–Trinajstić information content (AvgIpc) is 2.61. The lowest BCUT2D eigenvalue weighted by molar-refractivity contribution is 0.847. The van der Waals surface area contributed by atoms with Gasteiger partial charge in [-0.25, -0.2) is 4.98 Å². The zero-order chi connectivity index (χ0) is 10.7. The van der Waals surface area contributed by atoms with Crippen molar-refractivity contribution in [1.82, 2.24) is 24.7 Å². The number of anilines is 2. The molecule has 0 aromatic carbocycles. The van der Waals surface area contributed by atoms with Gasteiger partial charge in [-0.3, -0.25) is 4.98 Å². The molecule has 7 heteroatoms. The van der Waals surface area contributed by atoms with Gasteiger partial charge in [-0.05, 0) is 6.92 Å². The Labute approximate surface area is 86.4 Å². The van der Waals surface area contributed by atoms with Crippen molar-refractivity contribution in [3.8, 4) is 5.82 Å². The van der Waals surface area contributed by atoms with E-state index in [1.54, 1.807) is 18.6 Å². The van der Waals surface area contributed by atoms with Crippen LogP contribution in [0.5, 0.6) is 0 Å². The minimum atomic E-state index is 0.284. The van der Waals surface area contributed by atoms with Gasteiger partial charge in [-0.1, -0.05) is 0 Å². The molecule has 0 spiro atoms. The second-order valence-electron chi connectivity index (χ2n) is 2.80. The summed E-state index contributed by atoms with van der Waals surface area (Å²) in [5, 5.41) is 7.10. The van der Waals surface area contributed by atoms with E-state index in [0.29, 0.717) is 11.8 Å². The smallest absolute Gasteiger partial charge is 0.244 e. The van der Waals surface area contributed by atoms with E-state index in [1.165, 1.54) is 4.68 Å². The van der Waals surface area contributed by atoms with Gasteiger partial charge in [-0.2, -0.15) is 9.67 Å². The molecular weight excluding hydrogens is 194 g/mol. The first-order valence-electron chi connectivity index (χ1n) is 4.54. The van der Waals surface area contributed by atoms with Crippen molar-refractivity contribution in [3.05, 3.63) is 18.6 Å². The molecule has 2 aromatic rings. The van der Waals surface area contributed by atoms with E-state index >= 15 is 0 Å². The third-order valence-corrected chi connectivity index (χ3v) is 1.73. The molecule has 0 saturated heterocycles. The summed E-state index contributed by atoms with van der Waals surface area (Å²) < 4.78 is 1.44. The number of rotatable bonds is 3. The number of nitrogens with two attached hydrogens (primary N) is 1. The van der Waals surface area contributed by atoms with E-state index in [9.17, 15) is 0 Å². The van der Waals surface area contributed by atoms with E-state index in [1.807, 2.05) is 6.92 Å². The monoisotopic (exact) mass is 205 g/mol. The van der Waals surface area contributed by atoms with Crippen LogP contribution in [0.4, 0.5) is 11.9 Å². The fourth-order valence-electron chi connectivity index (χ4n) is 1.13. The van der Waals surface area contributed by atoms with Gasteiger partial charge in [0.1, 0.15) is 0 Å². The first-order valence-corrected chi connectivity index (χ1v) is 4.54. The third kappa shape index (κ3) is 1.85. The number of nitrogens with one attached hydrogen (secondary N) is 1. The van der Waals surface area contributed by atoms with Crippen LogP contribution in [0, 0.1) is 0 Å². The van der Waals surface area contributed by atoms with Crippen molar-refractivity contribution in [2.45, 2.75) is 6.92 Å². The molecule has 2 rings (SSSR count). The molecule has 78 valence electrons. The van der Waals surface area contributed by atoms with Crippen LogP contribution >= 0.6 is 0 Å². The summed E-state index contributed by atoms with van der Waals surface area (Å²) in [6.07, 6.45) is 4.73. The number of nitrogen functional groups attached to an aromatic ring is 1. The predicted molar refractivity (Wildman–Crippen MR) is 55.5 cm³/mol. The highest BCUT2D eigenvalue weighted by molar-refractivity contribution is 5.37. The summed E-state index contributed by atoms with van der Waals surface area (Å²) in [4.78, 5) is 12.0. The van der Waals surface area contributed by atoms with Crippen molar-refractivity contribution in [1.29, 1.82) is 0 Å². The predicted octanol–water partition coefficient (Wildman–Crippen LogP) is 0.0713. The van der Waals surface area contributed by atoms with Gasteiger partial charge in [0, 0.05) is 18.9 Å². The molecule has 0 amide bonds. The zero-order valence-electron chi connectivity index (χ0n) is 8.25. The fourth-order valence-corrected chi connectivity index (χ4v) is 1.13. The number of hydrogen-bond donors (Lipinski definition) is 2. The molecule has 0 unspecified atom stereocenters. The maximum Gasteiger partial charge on any atom is 0.244 e. The molecule has 3 N–H and O–H groups in total. The maximum atomic E-state index is 5.69. The summed E-state index contributed by atoms with van der Waals surface area (Å²) >= 11 is 0. The van der Waals surface area contributed by atoms with E-state index in [-0.39, 0.29) is 5.95 Å². The summed E-state index contributed by atoms with van der Waals surface area (Å²) in [5.74, 6) is 1.32. The van der Waals surface area contributed by atoms with E-state index in [2.05, 4.69) is 25.4 Å². The van der Waals surface area contributed by atoms with Crippen molar-refractivity contribution >= 4 is 11.9 Å². The van der Waals surface area contributed by atoms with Crippen molar-refractivity contribution < 1.29 is 0 Å². The number of nitrogens with zero attached hydrogens (tertiary/aromatic N) is 5. The van der Waals surface area contributed by atoms with E-state index in [4.69, 9.17) is 5.73 Å². The Bertz CT molecular complexity index is 436. The van der Waals surface area contributed by atoms with Crippen LogP contribution in [-0.4, -0.2) is 31.3 Å².